The number of phenols is 1. The van der Waals surface area contributed by atoms with Gasteiger partial charge in [0.05, 0.1) is 6.54 Å². The number of aromatic hydroxyl groups is 1. The highest BCUT2D eigenvalue weighted by Crippen LogP contribution is 2.09. The molecule has 0 saturated carbocycles. The number of amides is 1. The van der Waals surface area contributed by atoms with Gasteiger partial charge in [-0.1, -0.05) is 17.9 Å². The van der Waals surface area contributed by atoms with Gasteiger partial charge in [-0.3, -0.25) is 0 Å². The molecule has 0 fully saturated rings. The van der Waals surface area contributed by atoms with E-state index in [0.717, 1.165) is 0 Å². The molecule has 4 heteroatoms. The van der Waals surface area contributed by atoms with Crippen molar-refractivity contribution in [2.75, 3.05) is 6.54 Å². The molecule has 1 aromatic rings. The fourth-order valence-corrected chi connectivity index (χ4v) is 1.16. The number of phenolic OH excluding ortho intramolecular Hbond substituents is 1. The zero-order valence-electron chi connectivity index (χ0n) is 10.8. The Kier molecular flexibility index (Phi) is 4.61. The van der Waals surface area contributed by atoms with Gasteiger partial charge in [0.1, 0.15) is 11.4 Å². The van der Waals surface area contributed by atoms with E-state index in [1.54, 1.807) is 45.0 Å². The largest absolute Gasteiger partial charge is 0.508 e. The molecule has 0 spiro atoms. The van der Waals surface area contributed by atoms with Crippen molar-refractivity contribution < 1.29 is 14.6 Å². The van der Waals surface area contributed by atoms with Gasteiger partial charge in [0.15, 0.2) is 0 Å². The Morgan fingerprint density at radius 3 is 2.78 bits per heavy atom. The van der Waals surface area contributed by atoms with E-state index >= 15 is 0 Å². The third-order valence-corrected chi connectivity index (χ3v) is 1.80. The van der Waals surface area contributed by atoms with Gasteiger partial charge in [0.25, 0.3) is 0 Å². The van der Waals surface area contributed by atoms with Crippen molar-refractivity contribution in [1.82, 2.24) is 5.32 Å². The molecule has 0 radical (unpaired) electrons. The van der Waals surface area contributed by atoms with Gasteiger partial charge in [-0.25, -0.2) is 4.79 Å². The summed E-state index contributed by atoms with van der Waals surface area (Å²) in [5.41, 5.74) is 0.184. The van der Waals surface area contributed by atoms with Crippen LogP contribution in [0.25, 0.3) is 0 Å². The maximum atomic E-state index is 11.3. The monoisotopic (exact) mass is 247 g/mol. The molecule has 4 nitrogen and oxygen atoms in total. The predicted octanol–water partition coefficient (Wildman–Crippen LogP) is 2.27. The molecule has 1 amide bonds. The summed E-state index contributed by atoms with van der Waals surface area (Å²) in [7, 11) is 0. The highest BCUT2D eigenvalue weighted by atomic mass is 16.6. The average molecular weight is 247 g/mol. The molecule has 0 atom stereocenters. The summed E-state index contributed by atoms with van der Waals surface area (Å²) in [4.78, 5) is 11.3. The van der Waals surface area contributed by atoms with Gasteiger partial charge in [0, 0.05) is 5.56 Å². The van der Waals surface area contributed by atoms with Crippen molar-refractivity contribution >= 4 is 6.09 Å². The van der Waals surface area contributed by atoms with Crippen molar-refractivity contribution in [2.24, 2.45) is 0 Å². The Balaban J connectivity index is 2.41. The Labute approximate surface area is 107 Å². The SMILES string of the molecule is CC(C)(C)OC(=O)NCC#Cc1cccc(O)c1. The van der Waals surface area contributed by atoms with E-state index in [2.05, 4.69) is 17.2 Å². The maximum Gasteiger partial charge on any atom is 0.408 e. The van der Waals surface area contributed by atoms with E-state index in [1.807, 2.05) is 0 Å². The first-order valence-corrected chi connectivity index (χ1v) is 5.61. The molecular formula is C14H17NO3. The fourth-order valence-electron chi connectivity index (χ4n) is 1.16. The minimum Gasteiger partial charge on any atom is -0.508 e. The minimum atomic E-state index is -0.511. The summed E-state index contributed by atoms with van der Waals surface area (Å²) in [5.74, 6) is 5.76. The van der Waals surface area contributed by atoms with Crippen LogP contribution in [0.2, 0.25) is 0 Å². The second kappa shape index (κ2) is 5.97. The van der Waals surface area contributed by atoms with Gasteiger partial charge in [0.2, 0.25) is 0 Å². The number of carbonyl (C=O) groups excluding carboxylic acids is 1. The molecule has 2 N–H and O–H groups in total. The molecule has 0 aliphatic heterocycles. The number of alkyl carbamates (subject to hydrolysis) is 1. The number of ether oxygens (including phenoxy) is 1. The van der Waals surface area contributed by atoms with E-state index < -0.39 is 11.7 Å². The number of hydrogen-bond donors (Lipinski definition) is 2. The number of carbonyl (C=O) groups is 1. The minimum absolute atomic E-state index is 0.168. The van der Waals surface area contributed by atoms with Crippen LogP contribution in [-0.4, -0.2) is 23.3 Å². The maximum absolute atomic E-state index is 11.3. The lowest BCUT2D eigenvalue weighted by molar-refractivity contribution is 0.0535. The topological polar surface area (TPSA) is 58.6 Å². The summed E-state index contributed by atoms with van der Waals surface area (Å²) >= 11 is 0. The molecule has 18 heavy (non-hydrogen) atoms. The van der Waals surface area contributed by atoms with Crippen LogP contribution >= 0.6 is 0 Å². The molecule has 0 saturated heterocycles. The molecule has 0 aromatic heterocycles. The Morgan fingerprint density at radius 2 is 2.17 bits per heavy atom. The van der Waals surface area contributed by atoms with Gasteiger partial charge in [-0.15, -0.1) is 0 Å². The second-order valence-corrected chi connectivity index (χ2v) is 4.71. The standard InChI is InChI=1S/C14H17NO3/c1-14(2,3)18-13(17)15-9-5-7-11-6-4-8-12(16)10-11/h4,6,8,10,16H,9H2,1-3H3,(H,15,17). The molecule has 96 valence electrons. The van der Waals surface area contributed by atoms with E-state index in [1.165, 1.54) is 0 Å². The quantitative estimate of drug-likeness (QED) is 0.748. The van der Waals surface area contributed by atoms with Crippen LogP contribution < -0.4 is 5.32 Å². The van der Waals surface area contributed by atoms with Crippen LogP contribution in [0.1, 0.15) is 26.3 Å². The molecular weight excluding hydrogens is 230 g/mol. The molecule has 1 rings (SSSR count). The zero-order chi connectivity index (χ0) is 13.6. The third-order valence-electron chi connectivity index (χ3n) is 1.80. The molecule has 0 aliphatic rings. The van der Waals surface area contributed by atoms with Crippen molar-refractivity contribution in [2.45, 2.75) is 26.4 Å². The first-order chi connectivity index (χ1) is 8.37. The van der Waals surface area contributed by atoms with E-state index in [4.69, 9.17) is 4.74 Å². The summed E-state index contributed by atoms with van der Waals surface area (Å²) in [6, 6.07) is 6.62. The summed E-state index contributed by atoms with van der Waals surface area (Å²) in [6.07, 6.45) is -0.493. The third kappa shape index (κ3) is 5.80. The van der Waals surface area contributed by atoms with Crippen molar-refractivity contribution in [1.29, 1.82) is 0 Å². The van der Waals surface area contributed by atoms with Crippen molar-refractivity contribution in [3.63, 3.8) is 0 Å². The summed E-state index contributed by atoms with van der Waals surface area (Å²) < 4.78 is 5.05. The molecule has 0 heterocycles. The van der Waals surface area contributed by atoms with E-state index in [-0.39, 0.29) is 12.3 Å². The van der Waals surface area contributed by atoms with Crippen molar-refractivity contribution in [3.8, 4) is 17.6 Å². The molecule has 0 aliphatic carbocycles. The fraction of sp³-hybridized carbons (Fsp3) is 0.357. The Hall–Kier alpha value is -2.15. The van der Waals surface area contributed by atoms with Gasteiger partial charge in [-0.2, -0.15) is 0 Å². The smallest absolute Gasteiger partial charge is 0.408 e. The average Bonchev–Trinajstić information content (AvgIpc) is 2.22. The first kappa shape index (κ1) is 13.9. The van der Waals surface area contributed by atoms with Gasteiger partial charge in [-0.05, 0) is 39.0 Å². The Bertz CT molecular complexity index is 478. The van der Waals surface area contributed by atoms with Crippen LogP contribution in [0, 0.1) is 11.8 Å². The van der Waals surface area contributed by atoms with Crippen LogP contribution in [0.5, 0.6) is 5.75 Å². The number of rotatable bonds is 1. The highest BCUT2D eigenvalue weighted by Gasteiger charge is 2.14. The predicted molar refractivity (Wildman–Crippen MR) is 69.2 cm³/mol. The number of benzene rings is 1. The van der Waals surface area contributed by atoms with Gasteiger partial charge >= 0.3 is 6.09 Å². The van der Waals surface area contributed by atoms with Crippen molar-refractivity contribution in [3.05, 3.63) is 29.8 Å². The van der Waals surface area contributed by atoms with E-state index in [0.29, 0.717) is 5.56 Å². The lowest BCUT2D eigenvalue weighted by Crippen LogP contribution is -2.32. The van der Waals surface area contributed by atoms with Gasteiger partial charge < -0.3 is 15.2 Å². The lowest BCUT2D eigenvalue weighted by Gasteiger charge is -2.18. The van der Waals surface area contributed by atoms with E-state index in [9.17, 15) is 9.90 Å². The van der Waals surface area contributed by atoms with Crippen LogP contribution in [-0.2, 0) is 4.74 Å². The molecule has 1 aromatic carbocycles. The summed E-state index contributed by atoms with van der Waals surface area (Å²) in [5, 5.41) is 11.8. The van der Waals surface area contributed by atoms with Crippen LogP contribution in [0.3, 0.4) is 0 Å². The van der Waals surface area contributed by atoms with Crippen LogP contribution in [0.15, 0.2) is 24.3 Å². The zero-order valence-corrected chi connectivity index (χ0v) is 10.8. The Morgan fingerprint density at radius 1 is 1.44 bits per heavy atom. The number of nitrogens with one attached hydrogen (secondary N) is 1. The normalized spacial score (nSPS) is 10.2. The molecule has 0 unspecified atom stereocenters. The first-order valence-electron chi connectivity index (χ1n) is 5.61. The molecule has 0 bridgehead atoms. The number of hydrogen-bond acceptors (Lipinski definition) is 3. The highest BCUT2D eigenvalue weighted by molar-refractivity contribution is 5.68. The summed E-state index contributed by atoms with van der Waals surface area (Å²) in [6.45, 7) is 5.59. The lowest BCUT2D eigenvalue weighted by atomic mass is 10.2. The second-order valence-electron chi connectivity index (χ2n) is 4.71. The van der Waals surface area contributed by atoms with Crippen LogP contribution in [0.4, 0.5) is 4.79 Å².